The normalized spacial score (nSPS) is 13.8. The number of morpholine rings is 1. The van der Waals surface area contributed by atoms with E-state index in [1.807, 2.05) is 24.3 Å². The molecule has 0 saturated carbocycles. The zero-order valence-corrected chi connectivity index (χ0v) is 16.9. The van der Waals surface area contributed by atoms with Crippen LogP contribution in [0.3, 0.4) is 0 Å². The Bertz CT molecular complexity index is 850. The van der Waals surface area contributed by atoms with E-state index in [4.69, 9.17) is 16.3 Å². The van der Waals surface area contributed by atoms with Gasteiger partial charge in [0.05, 0.1) is 23.8 Å². The minimum atomic E-state index is -0.708. The molecule has 154 valence electrons. The number of likely N-dealkylation sites (N-methyl/N-ethyl adjacent to an activating group) is 1. The van der Waals surface area contributed by atoms with Crippen molar-refractivity contribution in [3.63, 3.8) is 0 Å². The highest BCUT2D eigenvalue weighted by molar-refractivity contribution is 6.33. The fourth-order valence-electron chi connectivity index (χ4n) is 3.14. The topological polar surface area (TPSA) is 61.9 Å². The molecule has 2 aromatic carbocycles. The van der Waals surface area contributed by atoms with Crippen molar-refractivity contribution < 1.29 is 18.7 Å². The van der Waals surface area contributed by atoms with Crippen molar-refractivity contribution in [2.45, 2.75) is 6.92 Å². The van der Waals surface area contributed by atoms with Crippen LogP contribution in [0.5, 0.6) is 0 Å². The van der Waals surface area contributed by atoms with Gasteiger partial charge in [-0.2, -0.15) is 0 Å². The standard InChI is InChI=1S/C21H23ClFN3O3/c1-2-25(21(28)20-17(22)4-3-5-18(20)23)14-19(27)24-15-6-8-16(9-7-15)26-10-12-29-13-11-26/h3-9H,2,10-14H2,1H3,(H,24,27). The summed E-state index contributed by atoms with van der Waals surface area (Å²) < 4.78 is 19.4. The number of carbonyl (C=O) groups is 2. The molecule has 3 rings (SSSR count). The number of nitrogens with zero attached hydrogens (tertiary/aromatic N) is 2. The number of carbonyl (C=O) groups excluding carboxylic acids is 2. The van der Waals surface area contributed by atoms with Crippen LogP contribution in [0.15, 0.2) is 42.5 Å². The second kappa shape index (κ2) is 9.71. The van der Waals surface area contributed by atoms with Crippen LogP contribution in [0, 0.1) is 5.82 Å². The number of hydrogen-bond acceptors (Lipinski definition) is 4. The summed E-state index contributed by atoms with van der Waals surface area (Å²) in [6, 6.07) is 11.5. The quantitative estimate of drug-likeness (QED) is 0.779. The Morgan fingerprint density at radius 3 is 2.48 bits per heavy atom. The number of ether oxygens (including phenoxy) is 1. The van der Waals surface area contributed by atoms with Gasteiger partial charge in [0.25, 0.3) is 5.91 Å². The minimum absolute atomic E-state index is 0.0209. The van der Waals surface area contributed by atoms with Gasteiger partial charge in [-0.25, -0.2) is 4.39 Å². The monoisotopic (exact) mass is 419 g/mol. The fraction of sp³-hybridized carbons (Fsp3) is 0.333. The smallest absolute Gasteiger partial charge is 0.258 e. The zero-order chi connectivity index (χ0) is 20.8. The number of hydrogen-bond donors (Lipinski definition) is 1. The van der Waals surface area contributed by atoms with Crippen LogP contribution >= 0.6 is 11.6 Å². The van der Waals surface area contributed by atoms with Crippen LogP contribution in [-0.2, 0) is 9.53 Å². The molecule has 0 spiro atoms. The summed E-state index contributed by atoms with van der Waals surface area (Å²) in [7, 11) is 0. The summed E-state index contributed by atoms with van der Waals surface area (Å²) in [6.45, 7) is 4.82. The van der Waals surface area contributed by atoms with Gasteiger partial charge < -0.3 is 19.9 Å². The third-order valence-corrected chi connectivity index (χ3v) is 5.02. The Morgan fingerprint density at radius 1 is 1.17 bits per heavy atom. The summed E-state index contributed by atoms with van der Waals surface area (Å²) in [4.78, 5) is 28.5. The lowest BCUT2D eigenvalue weighted by Crippen LogP contribution is -2.38. The molecule has 1 aliphatic heterocycles. The second-order valence-corrected chi connectivity index (χ2v) is 7.02. The molecule has 0 radical (unpaired) electrons. The van der Waals surface area contributed by atoms with E-state index in [9.17, 15) is 14.0 Å². The zero-order valence-electron chi connectivity index (χ0n) is 16.2. The molecule has 2 aromatic rings. The minimum Gasteiger partial charge on any atom is -0.378 e. The van der Waals surface area contributed by atoms with Gasteiger partial charge in [0.1, 0.15) is 12.4 Å². The molecule has 1 saturated heterocycles. The van der Waals surface area contributed by atoms with Crippen LogP contribution in [0.1, 0.15) is 17.3 Å². The Hall–Kier alpha value is -2.64. The Morgan fingerprint density at radius 2 is 1.86 bits per heavy atom. The molecule has 0 aromatic heterocycles. The van der Waals surface area contributed by atoms with Gasteiger partial charge in [-0.05, 0) is 43.3 Å². The van der Waals surface area contributed by atoms with Gasteiger partial charge in [-0.1, -0.05) is 17.7 Å². The molecule has 6 nitrogen and oxygen atoms in total. The summed E-state index contributed by atoms with van der Waals surface area (Å²) in [6.07, 6.45) is 0. The highest BCUT2D eigenvalue weighted by Gasteiger charge is 2.23. The van der Waals surface area contributed by atoms with Gasteiger partial charge in [0, 0.05) is 31.0 Å². The SMILES string of the molecule is CCN(CC(=O)Nc1ccc(N2CCOCC2)cc1)C(=O)c1c(F)cccc1Cl. The number of benzene rings is 2. The van der Waals surface area contributed by atoms with Crippen molar-refractivity contribution in [3.05, 3.63) is 58.9 Å². The Kier molecular flexibility index (Phi) is 7.06. The predicted octanol–water partition coefficient (Wildman–Crippen LogP) is 3.42. The number of amides is 2. The van der Waals surface area contributed by atoms with Gasteiger partial charge in [0.2, 0.25) is 5.91 Å². The van der Waals surface area contributed by atoms with Gasteiger partial charge >= 0.3 is 0 Å². The first kappa shape index (κ1) is 21.1. The van der Waals surface area contributed by atoms with E-state index >= 15 is 0 Å². The molecule has 0 unspecified atom stereocenters. The summed E-state index contributed by atoms with van der Waals surface area (Å²) in [5, 5.41) is 2.79. The van der Waals surface area contributed by atoms with Gasteiger partial charge in [-0.3, -0.25) is 9.59 Å². The third kappa shape index (κ3) is 5.25. The summed E-state index contributed by atoms with van der Waals surface area (Å²) >= 11 is 5.97. The van der Waals surface area contributed by atoms with Crippen LogP contribution in [0.2, 0.25) is 5.02 Å². The number of halogens is 2. The molecule has 1 aliphatic rings. The van der Waals surface area contributed by atoms with Crippen LogP contribution in [0.4, 0.5) is 15.8 Å². The largest absolute Gasteiger partial charge is 0.378 e. The molecule has 2 amide bonds. The molecule has 0 aliphatic carbocycles. The maximum Gasteiger partial charge on any atom is 0.258 e. The molecule has 1 fully saturated rings. The number of rotatable bonds is 6. The lowest BCUT2D eigenvalue weighted by molar-refractivity contribution is -0.116. The van der Waals surface area contributed by atoms with Crippen molar-refractivity contribution in [2.75, 3.05) is 49.6 Å². The molecule has 0 bridgehead atoms. The first-order chi connectivity index (χ1) is 14.0. The molecule has 8 heteroatoms. The molecular weight excluding hydrogens is 397 g/mol. The Labute approximate surface area is 174 Å². The van der Waals surface area contributed by atoms with E-state index in [1.54, 1.807) is 6.92 Å². The van der Waals surface area contributed by atoms with Crippen molar-refractivity contribution in [3.8, 4) is 0 Å². The van der Waals surface area contributed by atoms with E-state index in [0.29, 0.717) is 18.9 Å². The van der Waals surface area contributed by atoms with Gasteiger partial charge in [-0.15, -0.1) is 0 Å². The first-order valence-electron chi connectivity index (χ1n) is 9.45. The van der Waals surface area contributed by atoms with Crippen LogP contribution in [-0.4, -0.2) is 56.1 Å². The molecule has 1 N–H and O–H groups in total. The van der Waals surface area contributed by atoms with E-state index in [2.05, 4.69) is 10.2 Å². The summed E-state index contributed by atoms with van der Waals surface area (Å²) in [5.41, 5.74) is 1.46. The average molecular weight is 420 g/mol. The maximum atomic E-state index is 14.0. The van der Waals surface area contributed by atoms with Crippen molar-refractivity contribution in [1.82, 2.24) is 4.90 Å². The average Bonchev–Trinajstić information content (AvgIpc) is 2.73. The predicted molar refractivity (Wildman–Crippen MR) is 111 cm³/mol. The van der Waals surface area contributed by atoms with E-state index in [-0.39, 0.29) is 29.6 Å². The van der Waals surface area contributed by atoms with E-state index in [1.165, 1.54) is 23.1 Å². The first-order valence-corrected chi connectivity index (χ1v) is 9.83. The lowest BCUT2D eigenvalue weighted by atomic mass is 10.1. The molecule has 0 atom stereocenters. The van der Waals surface area contributed by atoms with Gasteiger partial charge in [0.15, 0.2) is 0 Å². The molecule has 1 heterocycles. The van der Waals surface area contributed by atoms with Crippen LogP contribution in [0.25, 0.3) is 0 Å². The fourth-order valence-corrected chi connectivity index (χ4v) is 3.38. The maximum absolute atomic E-state index is 14.0. The van der Waals surface area contributed by atoms with Crippen molar-refractivity contribution >= 4 is 34.8 Å². The molecule has 29 heavy (non-hydrogen) atoms. The second-order valence-electron chi connectivity index (χ2n) is 6.61. The third-order valence-electron chi connectivity index (χ3n) is 4.71. The highest BCUT2D eigenvalue weighted by Crippen LogP contribution is 2.21. The van der Waals surface area contributed by atoms with Crippen molar-refractivity contribution in [1.29, 1.82) is 0 Å². The Balaban J connectivity index is 1.62. The van der Waals surface area contributed by atoms with E-state index < -0.39 is 11.7 Å². The number of nitrogens with one attached hydrogen (secondary N) is 1. The summed E-state index contributed by atoms with van der Waals surface area (Å²) in [5.74, 6) is -1.69. The highest BCUT2D eigenvalue weighted by atomic mass is 35.5. The lowest BCUT2D eigenvalue weighted by Gasteiger charge is -2.29. The number of anilines is 2. The van der Waals surface area contributed by atoms with Crippen LogP contribution < -0.4 is 10.2 Å². The van der Waals surface area contributed by atoms with Crippen molar-refractivity contribution in [2.24, 2.45) is 0 Å². The van der Waals surface area contributed by atoms with E-state index in [0.717, 1.165) is 18.8 Å². The molecular formula is C21H23ClFN3O3.